The summed E-state index contributed by atoms with van der Waals surface area (Å²) in [4.78, 5) is 12.8. The molecule has 2 N–H and O–H groups in total. The second kappa shape index (κ2) is 8.71. The van der Waals surface area contributed by atoms with E-state index in [2.05, 4.69) is 23.9 Å². The topological polar surface area (TPSA) is 75.3 Å². The van der Waals surface area contributed by atoms with Crippen molar-refractivity contribution < 1.29 is 13.2 Å². The number of aryl methyl sites for hydroxylation is 2. The zero-order chi connectivity index (χ0) is 21.9. The molecule has 0 bridgehead atoms. The lowest BCUT2D eigenvalue weighted by Crippen LogP contribution is -2.15. The van der Waals surface area contributed by atoms with Crippen molar-refractivity contribution in [1.82, 2.24) is 0 Å². The third-order valence-electron chi connectivity index (χ3n) is 4.90. The van der Waals surface area contributed by atoms with Crippen molar-refractivity contribution in [2.75, 3.05) is 10.0 Å². The van der Waals surface area contributed by atoms with Crippen molar-refractivity contribution in [2.24, 2.45) is 0 Å². The summed E-state index contributed by atoms with van der Waals surface area (Å²) >= 11 is 0. The molecule has 3 aromatic carbocycles. The number of sulfonamides is 1. The largest absolute Gasteiger partial charge is 0.322 e. The minimum Gasteiger partial charge on any atom is -0.322 e. The Morgan fingerprint density at radius 1 is 0.867 bits per heavy atom. The molecule has 0 heterocycles. The molecule has 3 rings (SSSR count). The molecule has 0 aromatic heterocycles. The van der Waals surface area contributed by atoms with E-state index in [4.69, 9.17) is 0 Å². The quantitative estimate of drug-likeness (QED) is 0.552. The summed E-state index contributed by atoms with van der Waals surface area (Å²) in [6.07, 6.45) is 0. The smallest absolute Gasteiger partial charge is 0.261 e. The van der Waals surface area contributed by atoms with Crippen LogP contribution in [0.4, 0.5) is 11.4 Å². The van der Waals surface area contributed by atoms with Gasteiger partial charge in [0.05, 0.1) is 10.6 Å². The van der Waals surface area contributed by atoms with Gasteiger partial charge in [-0.25, -0.2) is 8.42 Å². The Morgan fingerprint density at radius 3 is 2.07 bits per heavy atom. The van der Waals surface area contributed by atoms with Gasteiger partial charge in [-0.3, -0.25) is 9.52 Å². The molecule has 0 aliphatic heterocycles. The van der Waals surface area contributed by atoms with E-state index < -0.39 is 10.0 Å². The second-order valence-electron chi connectivity index (χ2n) is 7.68. The van der Waals surface area contributed by atoms with Crippen LogP contribution in [0, 0.1) is 13.8 Å². The summed E-state index contributed by atoms with van der Waals surface area (Å²) in [5, 5.41) is 2.87. The predicted octanol–water partition coefficient (Wildman–Crippen LogP) is 5.48. The van der Waals surface area contributed by atoms with Crippen LogP contribution in [-0.2, 0) is 10.0 Å². The van der Waals surface area contributed by atoms with Crippen LogP contribution >= 0.6 is 0 Å². The monoisotopic (exact) mass is 422 g/mol. The highest BCUT2D eigenvalue weighted by atomic mass is 32.2. The number of carbonyl (C=O) groups excluding carboxylic acids is 1. The minimum atomic E-state index is -3.70. The van der Waals surface area contributed by atoms with Gasteiger partial charge in [-0.15, -0.1) is 0 Å². The van der Waals surface area contributed by atoms with Gasteiger partial charge >= 0.3 is 0 Å². The summed E-state index contributed by atoms with van der Waals surface area (Å²) in [5.41, 5.74) is 4.46. The van der Waals surface area contributed by atoms with Crippen molar-refractivity contribution in [3.63, 3.8) is 0 Å². The van der Waals surface area contributed by atoms with Crippen molar-refractivity contribution in [2.45, 2.75) is 38.5 Å². The van der Waals surface area contributed by atoms with Crippen LogP contribution in [0.2, 0.25) is 0 Å². The van der Waals surface area contributed by atoms with Gasteiger partial charge in [0.15, 0.2) is 0 Å². The molecular weight excluding hydrogens is 396 g/mol. The maximum atomic E-state index is 12.6. The summed E-state index contributed by atoms with van der Waals surface area (Å²) in [6.45, 7) is 7.90. The van der Waals surface area contributed by atoms with Gasteiger partial charge in [0, 0.05) is 11.3 Å². The fourth-order valence-corrected chi connectivity index (χ4v) is 4.13. The highest BCUT2D eigenvalue weighted by Gasteiger charge is 2.16. The predicted molar refractivity (Wildman–Crippen MR) is 122 cm³/mol. The minimum absolute atomic E-state index is 0.194. The Balaban J connectivity index is 1.74. The zero-order valence-corrected chi connectivity index (χ0v) is 18.4. The number of carbonyl (C=O) groups is 1. The van der Waals surface area contributed by atoms with Crippen LogP contribution in [-0.4, -0.2) is 14.3 Å². The van der Waals surface area contributed by atoms with E-state index in [0.717, 1.165) is 5.56 Å². The first-order valence-corrected chi connectivity index (χ1v) is 11.3. The highest BCUT2D eigenvalue weighted by Crippen LogP contribution is 2.22. The molecule has 0 unspecified atom stereocenters. The Morgan fingerprint density at radius 2 is 1.50 bits per heavy atom. The van der Waals surface area contributed by atoms with Crippen LogP contribution < -0.4 is 10.0 Å². The number of benzene rings is 3. The van der Waals surface area contributed by atoms with E-state index >= 15 is 0 Å². The zero-order valence-electron chi connectivity index (χ0n) is 17.6. The fourth-order valence-electron chi connectivity index (χ4n) is 3.00. The summed E-state index contributed by atoms with van der Waals surface area (Å²) < 4.78 is 27.8. The molecule has 3 aromatic rings. The average molecular weight is 423 g/mol. The Bertz CT molecular complexity index is 1150. The molecule has 0 aliphatic carbocycles. The molecule has 30 heavy (non-hydrogen) atoms. The number of nitrogens with one attached hydrogen (secondary N) is 2. The van der Waals surface area contributed by atoms with Gasteiger partial charge in [-0.2, -0.15) is 0 Å². The second-order valence-corrected chi connectivity index (χ2v) is 9.36. The van der Waals surface area contributed by atoms with Crippen LogP contribution in [0.1, 0.15) is 46.8 Å². The molecule has 156 valence electrons. The van der Waals surface area contributed by atoms with Gasteiger partial charge in [0.2, 0.25) is 0 Å². The highest BCUT2D eigenvalue weighted by molar-refractivity contribution is 7.92. The van der Waals surface area contributed by atoms with Crippen LogP contribution in [0.5, 0.6) is 0 Å². The van der Waals surface area contributed by atoms with Crippen molar-refractivity contribution in [3.05, 3.63) is 89.0 Å². The number of hydrogen-bond acceptors (Lipinski definition) is 3. The van der Waals surface area contributed by atoms with Crippen molar-refractivity contribution >= 4 is 27.3 Å². The van der Waals surface area contributed by atoms with E-state index in [9.17, 15) is 13.2 Å². The number of amides is 1. The van der Waals surface area contributed by atoms with Gasteiger partial charge < -0.3 is 5.32 Å². The molecule has 1 amide bonds. The number of rotatable bonds is 6. The van der Waals surface area contributed by atoms with Crippen LogP contribution in [0.25, 0.3) is 0 Å². The summed E-state index contributed by atoms with van der Waals surface area (Å²) in [7, 11) is -3.70. The van der Waals surface area contributed by atoms with E-state index in [1.807, 2.05) is 31.2 Å². The Kier molecular flexibility index (Phi) is 6.27. The SMILES string of the molecule is Cc1ccc(S(=O)(=O)Nc2ccc(C(=O)Nc3ccc(C(C)C)cc3)cc2C)cc1. The van der Waals surface area contributed by atoms with Crippen molar-refractivity contribution in [1.29, 1.82) is 0 Å². The molecule has 0 fully saturated rings. The van der Waals surface area contributed by atoms with Crippen molar-refractivity contribution in [3.8, 4) is 0 Å². The normalized spacial score (nSPS) is 11.4. The van der Waals surface area contributed by atoms with Crippen LogP contribution in [0.15, 0.2) is 71.6 Å². The Hall–Kier alpha value is -3.12. The van der Waals surface area contributed by atoms with Gasteiger partial charge in [0.25, 0.3) is 15.9 Å². The van der Waals surface area contributed by atoms with Gasteiger partial charge in [-0.1, -0.05) is 43.7 Å². The van der Waals surface area contributed by atoms with E-state index in [-0.39, 0.29) is 10.8 Å². The standard InChI is InChI=1S/C24H26N2O3S/c1-16(2)19-7-10-21(11-8-19)25-24(27)20-9-14-23(18(4)15-20)26-30(28,29)22-12-5-17(3)6-13-22/h5-16,26H,1-4H3,(H,25,27). The Labute approximate surface area is 178 Å². The first-order chi connectivity index (χ1) is 14.2. The molecule has 0 aliphatic rings. The maximum Gasteiger partial charge on any atom is 0.261 e. The molecule has 5 nitrogen and oxygen atoms in total. The lowest BCUT2D eigenvalue weighted by atomic mass is 10.0. The molecule has 0 atom stereocenters. The lowest BCUT2D eigenvalue weighted by Gasteiger charge is -2.13. The van der Waals surface area contributed by atoms with Gasteiger partial charge in [0.1, 0.15) is 0 Å². The fraction of sp³-hybridized carbons (Fsp3) is 0.208. The van der Waals surface area contributed by atoms with Gasteiger partial charge in [-0.05, 0) is 73.4 Å². The summed E-state index contributed by atoms with van der Waals surface area (Å²) in [5.74, 6) is 0.178. The lowest BCUT2D eigenvalue weighted by molar-refractivity contribution is 0.102. The number of hydrogen-bond donors (Lipinski definition) is 2. The number of anilines is 2. The average Bonchev–Trinajstić information content (AvgIpc) is 2.70. The van der Waals surface area contributed by atoms with E-state index in [1.54, 1.807) is 49.4 Å². The maximum absolute atomic E-state index is 12.6. The molecule has 0 saturated carbocycles. The van der Waals surface area contributed by atoms with E-state index in [0.29, 0.717) is 28.4 Å². The third kappa shape index (κ3) is 5.07. The summed E-state index contributed by atoms with van der Waals surface area (Å²) in [6, 6.07) is 19.3. The first kappa shape index (κ1) is 21.6. The molecule has 0 spiro atoms. The molecule has 6 heteroatoms. The van der Waals surface area contributed by atoms with Crippen LogP contribution in [0.3, 0.4) is 0 Å². The first-order valence-electron chi connectivity index (χ1n) is 9.77. The molecular formula is C24H26N2O3S. The molecule has 0 radical (unpaired) electrons. The molecule has 0 saturated heterocycles. The van der Waals surface area contributed by atoms with E-state index in [1.165, 1.54) is 5.56 Å². The third-order valence-corrected chi connectivity index (χ3v) is 6.28.